The minimum Gasteiger partial charge on any atom is -0.496 e. The van der Waals surface area contributed by atoms with Gasteiger partial charge in [0.2, 0.25) is 0 Å². The number of benzene rings is 2. The predicted molar refractivity (Wildman–Crippen MR) is 83.7 cm³/mol. The lowest BCUT2D eigenvalue weighted by Crippen LogP contribution is -2.04. The summed E-state index contributed by atoms with van der Waals surface area (Å²) in [6, 6.07) is 10.7. The molecule has 0 aromatic heterocycles. The van der Waals surface area contributed by atoms with Crippen LogP contribution in [0.15, 0.2) is 36.4 Å². The van der Waals surface area contributed by atoms with Gasteiger partial charge in [-0.3, -0.25) is 0 Å². The van der Waals surface area contributed by atoms with Gasteiger partial charge in [-0.1, -0.05) is 17.7 Å². The van der Waals surface area contributed by atoms with Gasteiger partial charge >= 0.3 is 0 Å². The van der Waals surface area contributed by atoms with Crippen LogP contribution in [-0.2, 0) is 0 Å². The second-order valence-corrected chi connectivity index (χ2v) is 5.04. The van der Waals surface area contributed by atoms with Gasteiger partial charge in [0.15, 0.2) is 0 Å². The fourth-order valence-electron chi connectivity index (χ4n) is 1.85. The molecule has 5 heteroatoms. The third kappa shape index (κ3) is 3.80. The van der Waals surface area contributed by atoms with Gasteiger partial charge in [-0.05, 0) is 24.6 Å². The molecule has 0 spiro atoms. The Morgan fingerprint density at radius 1 is 0.952 bits per heavy atom. The van der Waals surface area contributed by atoms with Crippen molar-refractivity contribution >= 4 is 11.6 Å². The first-order chi connectivity index (χ1) is 10.0. The molecule has 0 radical (unpaired) electrons. The molecule has 2 rings (SSSR count). The molecule has 2 aromatic rings. The number of halogens is 1. The first-order valence-corrected chi connectivity index (χ1v) is 6.87. The van der Waals surface area contributed by atoms with Crippen LogP contribution in [0.1, 0.15) is 18.5 Å². The summed E-state index contributed by atoms with van der Waals surface area (Å²) in [7, 11) is 3.17. The number of nitrogens with two attached hydrogens (primary N) is 1. The van der Waals surface area contributed by atoms with E-state index in [0.29, 0.717) is 28.0 Å². The fraction of sp³-hybridized carbons (Fsp3) is 0.250. The molecule has 112 valence electrons. The Morgan fingerprint density at radius 3 is 2.00 bits per heavy atom. The Kier molecular flexibility index (Phi) is 4.94. The summed E-state index contributed by atoms with van der Waals surface area (Å²) < 4.78 is 16.2. The molecule has 0 aliphatic carbocycles. The SMILES string of the molecule is COc1cc(OC)cc(Oc2ccc([C@@H](C)N)cc2Cl)c1. The van der Waals surface area contributed by atoms with Crippen molar-refractivity contribution in [2.24, 2.45) is 5.73 Å². The quantitative estimate of drug-likeness (QED) is 0.900. The van der Waals surface area contributed by atoms with Crippen LogP contribution in [0.5, 0.6) is 23.0 Å². The minimum absolute atomic E-state index is 0.0755. The zero-order valence-electron chi connectivity index (χ0n) is 12.2. The van der Waals surface area contributed by atoms with Crippen molar-refractivity contribution in [2.45, 2.75) is 13.0 Å². The van der Waals surface area contributed by atoms with E-state index in [0.717, 1.165) is 5.56 Å². The van der Waals surface area contributed by atoms with E-state index in [1.165, 1.54) is 0 Å². The van der Waals surface area contributed by atoms with Gasteiger partial charge in [0, 0.05) is 24.2 Å². The van der Waals surface area contributed by atoms with Gasteiger partial charge in [0.05, 0.1) is 19.2 Å². The van der Waals surface area contributed by atoms with E-state index in [2.05, 4.69) is 0 Å². The van der Waals surface area contributed by atoms with Crippen molar-refractivity contribution in [3.05, 3.63) is 47.0 Å². The maximum Gasteiger partial charge on any atom is 0.146 e. The van der Waals surface area contributed by atoms with E-state index in [1.54, 1.807) is 44.6 Å². The van der Waals surface area contributed by atoms with Gasteiger partial charge in [-0.2, -0.15) is 0 Å². The van der Waals surface area contributed by atoms with Crippen molar-refractivity contribution in [1.82, 2.24) is 0 Å². The minimum atomic E-state index is -0.0755. The van der Waals surface area contributed by atoms with Crippen LogP contribution in [0, 0.1) is 0 Å². The second kappa shape index (κ2) is 6.70. The van der Waals surface area contributed by atoms with Gasteiger partial charge in [0.25, 0.3) is 0 Å². The van der Waals surface area contributed by atoms with Crippen LogP contribution >= 0.6 is 11.6 Å². The van der Waals surface area contributed by atoms with Crippen LogP contribution in [0.2, 0.25) is 5.02 Å². The van der Waals surface area contributed by atoms with E-state index in [-0.39, 0.29) is 6.04 Å². The molecular weight excluding hydrogens is 290 g/mol. The highest BCUT2D eigenvalue weighted by Gasteiger charge is 2.09. The van der Waals surface area contributed by atoms with Crippen molar-refractivity contribution in [1.29, 1.82) is 0 Å². The van der Waals surface area contributed by atoms with Crippen LogP contribution in [0.25, 0.3) is 0 Å². The molecule has 0 aliphatic rings. The summed E-state index contributed by atoms with van der Waals surface area (Å²) in [5.41, 5.74) is 6.78. The van der Waals surface area contributed by atoms with Crippen LogP contribution < -0.4 is 19.9 Å². The van der Waals surface area contributed by atoms with Crippen LogP contribution in [-0.4, -0.2) is 14.2 Å². The Morgan fingerprint density at radius 2 is 1.52 bits per heavy atom. The van der Waals surface area contributed by atoms with Crippen molar-refractivity contribution in [3.63, 3.8) is 0 Å². The zero-order chi connectivity index (χ0) is 15.4. The Hall–Kier alpha value is -1.91. The van der Waals surface area contributed by atoms with Crippen molar-refractivity contribution in [3.8, 4) is 23.0 Å². The van der Waals surface area contributed by atoms with Crippen LogP contribution in [0.3, 0.4) is 0 Å². The summed E-state index contributed by atoms with van der Waals surface area (Å²) in [6.45, 7) is 1.90. The highest BCUT2D eigenvalue weighted by molar-refractivity contribution is 6.32. The standard InChI is InChI=1S/C16H18ClNO3/c1-10(18)11-4-5-16(15(17)6-11)21-14-8-12(19-2)7-13(9-14)20-3/h4-10H,18H2,1-3H3/t10-/m1/s1. The van der Waals surface area contributed by atoms with Crippen molar-refractivity contribution in [2.75, 3.05) is 14.2 Å². The molecule has 0 aliphatic heterocycles. The highest BCUT2D eigenvalue weighted by Crippen LogP contribution is 2.34. The molecule has 2 aromatic carbocycles. The fourth-order valence-corrected chi connectivity index (χ4v) is 2.08. The summed E-state index contributed by atoms with van der Waals surface area (Å²) >= 11 is 6.23. The molecule has 1 atom stereocenters. The predicted octanol–water partition coefficient (Wildman–Crippen LogP) is 4.17. The molecule has 0 heterocycles. The molecule has 2 N–H and O–H groups in total. The Labute approximate surface area is 129 Å². The van der Waals surface area contributed by atoms with E-state index in [1.807, 2.05) is 13.0 Å². The molecular formula is C16H18ClNO3. The molecule has 4 nitrogen and oxygen atoms in total. The van der Waals surface area contributed by atoms with Gasteiger partial charge in [-0.15, -0.1) is 0 Å². The van der Waals surface area contributed by atoms with Gasteiger partial charge < -0.3 is 19.9 Å². The molecule has 0 bridgehead atoms. The largest absolute Gasteiger partial charge is 0.496 e. The summed E-state index contributed by atoms with van der Waals surface area (Å²) in [5, 5.41) is 0.506. The Balaban J connectivity index is 2.29. The Bertz CT molecular complexity index is 607. The summed E-state index contributed by atoms with van der Waals surface area (Å²) in [6.07, 6.45) is 0. The smallest absolute Gasteiger partial charge is 0.146 e. The lowest BCUT2D eigenvalue weighted by molar-refractivity contribution is 0.386. The zero-order valence-corrected chi connectivity index (χ0v) is 13.0. The van der Waals surface area contributed by atoms with E-state index < -0.39 is 0 Å². The molecule has 0 unspecified atom stereocenters. The number of methoxy groups -OCH3 is 2. The average molecular weight is 308 g/mol. The first kappa shape index (κ1) is 15.5. The molecule has 21 heavy (non-hydrogen) atoms. The van der Waals surface area contributed by atoms with E-state index in [9.17, 15) is 0 Å². The molecule has 0 saturated heterocycles. The molecule has 0 saturated carbocycles. The lowest BCUT2D eigenvalue weighted by atomic mass is 10.1. The third-order valence-corrected chi connectivity index (χ3v) is 3.33. The molecule has 0 fully saturated rings. The molecule has 0 amide bonds. The third-order valence-electron chi connectivity index (χ3n) is 3.03. The second-order valence-electron chi connectivity index (χ2n) is 4.63. The topological polar surface area (TPSA) is 53.7 Å². The normalized spacial score (nSPS) is 11.9. The number of ether oxygens (including phenoxy) is 3. The van der Waals surface area contributed by atoms with E-state index >= 15 is 0 Å². The maximum absolute atomic E-state index is 6.23. The summed E-state index contributed by atoms with van der Waals surface area (Å²) in [5.74, 6) is 2.43. The van der Waals surface area contributed by atoms with E-state index in [4.69, 9.17) is 31.5 Å². The average Bonchev–Trinajstić information content (AvgIpc) is 2.48. The highest BCUT2D eigenvalue weighted by atomic mass is 35.5. The van der Waals surface area contributed by atoms with Gasteiger partial charge in [-0.25, -0.2) is 0 Å². The number of hydrogen-bond acceptors (Lipinski definition) is 4. The summed E-state index contributed by atoms with van der Waals surface area (Å²) in [4.78, 5) is 0. The van der Waals surface area contributed by atoms with Gasteiger partial charge in [0.1, 0.15) is 23.0 Å². The van der Waals surface area contributed by atoms with Crippen LogP contribution in [0.4, 0.5) is 0 Å². The lowest BCUT2D eigenvalue weighted by Gasteiger charge is -2.12. The maximum atomic E-state index is 6.23. The number of hydrogen-bond donors (Lipinski definition) is 1. The van der Waals surface area contributed by atoms with Crippen molar-refractivity contribution < 1.29 is 14.2 Å². The monoisotopic (exact) mass is 307 g/mol. The number of rotatable bonds is 5. The first-order valence-electron chi connectivity index (χ1n) is 6.49.